The minimum absolute atomic E-state index is 0.0752. The van der Waals surface area contributed by atoms with E-state index in [9.17, 15) is 4.79 Å². The van der Waals surface area contributed by atoms with E-state index in [1.54, 1.807) is 11.3 Å². The van der Waals surface area contributed by atoms with Crippen LogP contribution in [0, 0.1) is 13.8 Å². The van der Waals surface area contributed by atoms with Crippen LogP contribution in [0.1, 0.15) is 42.9 Å². The highest BCUT2D eigenvalue weighted by atomic mass is 32.1. The zero-order valence-corrected chi connectivity index (χ0v) is 18.1. The third-order valence-corrected chi connectivity index (χ3v) is 6.61. The van der Waals surface area contributed by atoms with Crippen LogP contribution in [0.3, 0.4) is 0 Å². The van der Waals surface area contributed by atoms with Gasteiger partial charge < -0.3 is 14.6 Å². The standard InChI is InChI=1S/C24H25N3O2S/c1-15-9-16(2)11-18(10-15)25-24-27(19-5-3-4-6-19)21(14-30-24)17-7-8-22-20(12-17)26-23(28)13-29-22/h7-12,14,19H,3-6,13H2,1-2H3,(H,26,28). The Morgan fingerprint density at radius 1 is 1.10 bits per heavy atom. The van der Waals surface area contributed by atoms with Crippen molar-refractivity contribution in [2.24, 2.45) is 4.99 Å². The zero-order valence-electron chi connectivity index (χ0n) is 17.3. The molecule has 1 aliphatic carbocycles. The van der Waals surface area contributed by atoms with Gasteiger partial charge in [-0.15, -0.1) is 11.3 Å². The molecule has 1 fully saturated rings. The molecule has 5 nitrogen and oxygen atoms in total. The highest BCUT2D eigenvalue weighted by molar-refractivity contribution is 7.07. The fourth-order valence-corrected chi connectivity index (χ4v) is 5.48. The van der Waals surface area contributed by atoms with Crippen molar-refractivity contribution in [3.05, 3.63) is 57.7 Å². The first-order chi connectivity index (χ1) is 14.6. The van der Waals surface area contributed by atoms with Crippen molar-refractivity contribution in [2.45, 2.75) is 45.6 Å². The van der Waals surface area contributed by atoms with E-state index >= 15 is 0 Å². The van der Waals surface area contributed by atoms with Gasteiger partial charge in [0, 0.05) is 17.0 Å². The smallest absolute Gasteiger partial charge is 0.262 e. The maximum Gasteiger partial charge on any atom is 0.262 e. The highest BCUT2D eigenvalue weighted by Gasteiger charge is 2.23. The third kappa shape index (κ3) is 3.67. The average molecular weight is 420 g/mol. The van der Waals surface area contributed by atoms with Crippen LogP contribution >= 0.6 is 11.3 Å². The minimum atomic E-state index is -0.112. The first-order valence-electron chi connectivity index (χ1n) is 10.5. The molecule has 0 bridgehead atoms. The summed E-state index contributed by atoms with van der Waals surface area (Å²) in [5.74, 6) is 0.611. The molecule has 0 saturated heterocycles. The molecule has 0 unspecified atom stereocenters. The Morgan fingerprint density at radius 3 is 2.63 bits per heavy atom. The quantitative estimate of drug-likeness (QED) is 0.608. The molecule has 0 spiro atoms. The number of thiazole rings is 1. The summed E-state index contributed by atoms with van der Waals surface area (Å²) in [7, 11) is 0. The van der Waals surface area contributed by atoms with Crippen LogP contribution in [0.2, 0.25) is 0 Å². The SMILES string of the molecule is Cc1cc(C)cc(N=c2scc(-c3ccc4c(c3)NC(=O)CO4)n2C2CCCC2)c1. The number of anilines is 1. The molecule has 1 aromatic heterocycles. The molecule has 3 aromatic rings. The molecular formula is C24H25N3O2S. The Morgan fingerprint density at radius 2 is 1.87 bits per heavy atom. The number of aryl methyl sites for hydroxylation is 2. The molecule has 5 rings (SSSR count). The number of benzene rings is 2. The summed E-state index contributed by atoms with van der Waals surface area (Å²) in [6.45, 7) is 4.30. The summed E-state index contributed by atoms with van der Waals surface area (Å²) in [4.78, 5) is 17.8. The first kappa shape index (κ1) is 19.1. The Balaban J connectivity index is 1.64. The van der Waals surface area contributed by atoms with Gasteiger partial charge in [-0.1, -0.05) is 18.9 Å². The molecule has 1 aliphatic heterocycles. The number of nitrogens with zero attached hydrogens (tertiary/aromatic N) is 2. The number of ether oxygens (including phenoxy) is 1. The lowest BCUT2D eigenvalue weighted by atomic mass is 10.1. The number of carbonyl (C=O) groups is 1. The number of carbonyl (C=O) groups excluding carboxylic acids is 1. The van der Waals surface area contributed by atoms with Gasteiger partial charge in [0.2, 0.25) is 0 Å². The maximum absolute atomic E-state index is 11.8. The molecule has 1 amide bonds. The maximum atomic E-state index is 11.8. The van der Waals surface area contributed by atoms with E-state index in [4.69, 9.17) is 9.73 Å². The second-order valence-corrected chi connectivity index (χ2v) is 9.05. The molecule has 30 heavy (non-hydrogen) atoms. The number of rotatable bonds is 3. The van der Waals surface area contributed by atoms with E-state index in [2.05, 4.69) is 53.4 Å². The van der Waals surface area contributed by atoms with Crippen LogP contribution in [0.5, 0.6) is 5.75 Å². The van der Waals surface area contributed by atoms with Crippen molar-refractivity contribution in [1.82, 2.24) is 4.57 Å². The molecule has 154 valence electrons. The van der Waals surface area contributed by atoms with Gasteiger partial charge in [-0.2, -0.15) is 0 Å². The summed E-state index contributed by atoms with van der Waals surface area (Å²) in [6.07, 6.45) is 4.86. The second-order valence-electron chi connectivity index (χ2n) is 8.22. The average Bonchev–Trinajstić information content (AvgIpc) is 3.36. The summed E-state index contributed by atoms with van der Waals surface area (Å²) in [5, 5.41) is 5.11. The van der Waals surface area contributed by atoms with Crippen molar-refractivity contribution in [1.29, 1.82) is 0 Å². The van der Waals surface area contributed by atoms with Gasteiger partial charge in [-0.25, -0.2) is 4.99 Å². The van der Waals surface area contributed by atoms with Gasteiger partial charge in [0.15, 0.2) is 11.4 Å². The third-order valence-electron chi connectivity index (χ3n) is 5.77. The Bertz CT molecular complexity index is 1170. The van der Waals surface area contributed by atoms with Gasteiger partial charge in [0.1, 0.15) is 5.75 Å². The number of hydrogen-bond donors (Lipinski definition) is 1. The lowest BCUT2D eigenvalue weighted by Gasteiger charge is -2.20. The fraction of sp³-hybridized carbons (Fsp3) is 0.333. The molecule has 0 radical (unpaired) electrons. The molecule has 0 atom stereocenters. The van der Waals surface area contributed by atoms with Crippen LogP contribution in [0.4, 0.5) is 11.4 Å². The lowest BCUT2D eigenvalue weighted by molar-refractivity contribution is -0.118. The number of fused-ring (bicyclic) bond motifs is 1. The van der Waals surface area contributed by atoms with Crippen molar-refractivity contribution in [2.75, 3.05) is 11.9 Å². The monoisotopic (exact) mass is 419 g/mol. The Hall–Kier alpha value is -2.86. The van der Waals surface area contributed by atoms with Crippen molar-refractivity contribution >= 4 is 28.6 Å². The summed E-state index contributed by atoms with van der Waals surface area (Å²) >= 11 is 1.68. The lowest BCUT2D eigenvalue weighted by Crippen LogP contribution is -2.25. The number of hydrogen-bond acceptors (Lipinski definition) is 4. The predicted molar refractivity (Wildman–Crippen MR) is 121 cm³/mol. The minimum Gasteiger partial charge on any atom is -0.482 e. The van der Waals surface area contributed by atoms with Crippen LogP contribution in [-0.2, 0) is 4.79 Å². The molecule has 1 N–H and O–H groups in total. The van der Waals surface area contributed by atoms with E-state index in [0.717, 1.165) is 33.2 Å². The summed E-state index contributed by atoms with van der Waals surface area (Å²) in [6, 6.07) is 12.9. The Labute approximate surface area is 180 Å². The molecule has 6 heteroatoms. The van der Waals surface area contributed by atoms with E-state index in [0.29, 0.717) is 6.04 Å². The normalized spacial score (nSPS) is 17.0. The van der Waals surface area contributed by atoms with Crippen LogP contribution in [0.25, 0.3) is 11.3 Å². The molecule has 2 heterocycles. The highest BCUT2D eigenvalue weighted by Crippen LogP contribution is 2.37. The van der Waals surface area contributed by atoms with E-state index in [1.165, 1.54) is 36.8 Å². The zero-order chi connectivity index (χ0) is 20.7. The van der Waals surface area contributed by atoms with E-state index < -0.39 is 0 Å². The number of nitrogens with one attached hydrogen (secondary N) is 1. The molecular weight excluding hydrogens is 394 g/mol. The van der Waals surface area contributed by atoms with Gasteiger partial charge in [0.25, 0.3) is 5.91 Å². The van der Waals surface area contributed by atoms with E-state index in [1.807, 2.05) is 12.1 Å². The van der Waals surface area contributed by atoms with Crippen molar-refractivity contribution < 1.29 is 9.53 Å². The molecule has 2 aliphatic rings. The van der Waals surface area contributed by atoms with Gasteiger partial charge >= 0.3 is 0 Å². The second kappa shape index (κ2) is 7.76. The van der Waals surface area contributed by atoms with Gasteiger partial charge in [-0.05, 0) is 68.1 Å². The van der Waals surface area contributed by atoms with Gasteiger partial charge in [0.05, 0.1) is 17.1 Å². The number of aromatic nitrogens is 1. The van der Waals surface area contributed by atoms with Crippen molar-refractivity contribution in [3.63, 3.8) is 0 Å². The van der Waals surface area contributed by atoms with Crippen LogP contribution < -0.4 is 14.9 Å². The number of amides is 1. The van der Waals surface area contributed by atoms with Crippen molar-refractivity contribution in [3.8, 4) is 17.0 Å². The summed E-state index contributed by atoms with van der Waals surface area (Å²) < 4.78 is 7.93. The van der Waals surface area contributed by atoms with Crippen LogP contribution in [0.15, 0.2) is 46.8 Å². The van der Waals surface area contributed by atoms with Gasteiger partial charge in [-0.3, -0.25) is 4.79 Å². The molecule has 1 saturated carbocycles. The first-order valence-corrected chi connectivity index (χ1v) is 11.3. The fourth-order valence-electron chi connectivity index (χ4n) is 4.50. The summed E-state index contributed by atoms with van der Waals surface area (Å²) in [5.41, 5.74) is 6.41. The van der Waals surface area contributed by atoms with Crippen LogP contribution in [-0.4, -0.2) is 17.1 Å². The molecule has 2 aromatic carbocycles. The largest absolute Gasteiger partial charge is 0.482 e. The Kier molecular flexibility index (Phi) is 4.95. The topological polar surface area (TPSA) is 55.6 Å². The van der Waals surface area contributed by atoms with E-state index in [-0.39, 0.29) is 12.5 Å². The predicted octanol–water partition coefficient (Wildman–Crippen LogP) is 5.51.